The van der Waals surface area contributed by atoms with Crippen molar-refractivity contribution in [1.82, 2.24) is 9.55 Å². The van der Waals surface area contributed by atoms with Gasteiger partial charge in [-0.2, -0.15) is 0 Å². The van der Waals surface area contributed by atoms with Crippen molar-refractivity contribution in [2.75, 3.05) is 0 Å². The van der Waals surface area contributed by atoms with Crippen molar-refractivity contribution in [3.63, 3.8) is 0 Å². The lowest BCUT2D eigenvalue weighted by atomic mass is 9.96. The molecular formula is C10H18N2. The molecule has 0 N–H and O–H groups in total. The summed E-state index contributed by atoms with van der Waals surface area (Å²) < 4.78 is 2.22. The van der Waals surface area contributed by atoms with Gasteiger partial charge in [-0.3, -0.25) is 0 Å². The van der Waals surface area contributed by atoms with Crippen molar-refractivity contribution in [3.8, 4) is 0 Å². The Hall–Kier alpha value is -0.790. The van der Waals surface area contributed by atoms with Crippen molar-refractivity contribution in [3.05, 3.63) is 17.7 Å². The van der Waals surface area contributed by atoms with E-state index in [2.05, 4.69) is 43.4 Å². The molecule has 0 aliphatic heterocycles. The molecule has 0 aromatic carbocycles. The van der Waals surface area contributed by atoms with Gasteiger partial charge in [0, 0.05) is 18.2 Å². The fourth-order valence-electron chi connectivity index (χ4n) is 1.39. The Morgan fingerprint density at radius 2 is 2.00 bits per heavy atom. The standard InChI is InChI=1S/C10H18N2/c1-6-12-7-8(2)11-9(12)10(3,4)5/h7H,6H2,1-5H3. The van der Waals surface area contributed by atoms with E-state index in [1.54, 1.807) is 0 Å². The van der Waals surface area contributed by atoms with Crippen LogP contribution >= 0.6 is 0 Å². The van der Waals surface area contributed by atoms with E-state index in [9.17, 15) is 0 Å². The van der Waals surface area contributed by atoms with Crippen LogP contribution in [0, 0.1) is 6.92 Å². The van der Waals surface area contributed by atoms with Crippen LogP contribution in [0.25, 0.3) is 0 Å². The highest BCUT2D eigenvalue weighted by atomic mass is 15.1. The summed E-state index contributed by atoms with van der Waals surface area (Å²) in [6.07, 6.45) is 2.11. The minimum atomic E-state index is 0.157. The molecular weight excluding hydrogens is 148 g/mol. The van der Waals surface area contributed by atoms with Gasteiger partial charge in [-0.05, 0) is 13.8 Å². The summed E-state index contributed by atoms with van der Waals surface area (Å²) in [6.45, 7) is 11.8. The van der Waals surface area contributed by atoms with E-state index in [-0.39, 0.29) is 5.41 Å². The number of imidazole rings is 1. The maximum Gasteiger partial charge on any atom is 0.114 e. The smallest absolute Gasteiger partial charge is 0.114 e. The largest absolute Gasteiger partial charge is 0.334 e. The number of hydrogen-bond donors (Lipinski definition) is 0. The van der Waals surface area contributed by atoms with E-state index in [1.807, 2.05) is 6.92 Å². The lowest BCUT2D eigenvalue weighted by Gasteiger charge is -2.18. The number of hydrogen-bond acceptors (Lipinski definition) is 1. The van der Waals surface area contributed by atoms with Gasteiger partial charge >= 0.3 is 0 Å². The van der Waals surface area contributed by atoms with E-state index in [0.717, 1.165) is 12.2 Å². The van der Waals surface area contributed by atoms with Crippen LogP contribution in [0.5, 0.6) is 0 Å². The van der Waals surface area contributed by atoms with Gasteiger partial charge in [0.05, 0.1) is 5.69 Å². The average molecular weight is 166 g/mol. The second kappa shape index (κ2) is 2.92. The van der Waals surface area contributed by atoms with E-state index < -0.39 is 0 Å². The third-order valence-electron chi connectivity index (χ3n) is 1.91. The summed E-state index contributed by atoms with van der Waals surface area (Å²) in [6, 6.07) is 0. The van der Waals surface area contributed by atoms with Crippen LogP contribution in [0.15, 0.2) is 6.20 Å². The van der Waals surface area contributed by atoms with Crippen LogP contribution in [-0.4, -0.2) is 9.55 Å². The highest BCUT2D eigenvalue weighted by Gasteiger charge is 2.19. The van der Waals surface area contributed by atoms with Crippen LogP contribution in [0.4, 0.5) is 0 Å². The van der Waals surface area contributed by atoms with Crippen LogP contribution in [0.1, 0.15) is 39.2 Å². The van der Waals surface area contributed by atoms with Gasteiger partial charge in [0.15, 0.2) is 0 Å². The molecule has 0 aliphatic carbocycles. The first kappa shape index (κ1) is 9.30. The summed E-state index contributed by atoms with van der Waals surface area (Å²) >= 11 is 0. The summed E-state index contributed by atoms with van der Waals surface area (Å²) in [7, 11) is 0. The fraction of sp³-hybridized carbons (Fsp3) is 0.700. The second-order valence-corrected chi connectivity index (χ2v) is 4.24. The normalized spacial score (nSPS) is 12.1. The number of aromatic nitrogens is 2. The van der Waals surface area contributed by atoms with Gasteiger partial charge in [-0.15, -0.1) is 0 Å². The highest BCUT2D eigenvalue weighted by molar-refractivity contribution is 5.10. The fourth-order valence-corrected chi connectivity index (χ4v) is 1.39. The summed E-state index contributed by atoms with van der Waals surface area (Å²) in [4.78, 5) is 4.52. The topological polar surface area (TPSA) is 17.8 Å². The Labute approximate surface area is 74.6 Å². The number of aryl methyl sites for hydroxylation is 2. The molecule has 0 bridgehead atoms. The maximum atomic E-state index is 4.52. The van der Waals surface area contributed by atoms with E-state index in [4.69, 9.17) is 0 Å². The molecule has 1 rings (SSSR count). The quantitative estimate of drug-likeness (QED) is 0.626. The predicted molar refractivity (Wildman–Crippen MR) is 51.3 cm³/mol. The molecule has 1 aromatic heterocycles. The molecule has 0 saturated heterocycles. The summed E-state index contributed by atoms with van der Waals surface area (Å²) in [5, 5.41) is 0. The first-order valence-electron chi connectivity index (χ1n) is 4.49. The monoisotopic (exact) mass is 166 g/mol. The van der Waals surface area contributed by atoms with Crippen LogP contribution in [0.2, 0.25) is 0 Å². The molecule has 1 heterocycles. The lowest BCUT2D eigenvalue weighted by molar-refractivity contribution is 0.506. The van der Waals surface area contributed by atoms with Crippen molar-refractivity contribution < 1.29 is 0 Å². The zero-order chi connectivity index (χ0) is 9.35. The molecule has 1 aromatic rings. The Morgan fingerprint density at radius 3 is 2.33 bits per heavy atom. The Balaban J connectivity index is 3.13. The van der Waals surface area contributed by atoms with Crippen LogP contribution < -0.4 is 0 Å². The van der Waals surface area contributed by atoms with Gasteiger partial charge in [-0.1, -0.05) is 20.8 Å². The minimum Gasteiger partial charge on any atom is -0.334 e. The van der Waals surface area contributed by atoms with Gasteiger partial charge in [0.25, 0.3) is 0 Å². The zero-order valence-electron chi connectivity index (χ0n) is 8.68. The number of nitrogens with zero attached hydrogens (tertiary/aromatic N) is 2. The average Bonchev–Trinajstić information content (AvgIpc) is 2.29. The first-order valence-corrected chi connectivity index (χ1v) is 4.49. The van der Waals surface area contributed by atoms with Crippen LogP contribution in [-0.2, 0) is 12.0 Å². The molecule has 0 amide bonds. The van der Waals surface area contributed by atoms with E-state index >= 15 is 0 Å². The molecule has 0 aliphatic rings. The predicted octanol–water partition coefficient (Wildman–Crippen LogP) is 2.51. The molecule has 2 nitrogen and oxygen atoms in total. The Kier molecular flexibility index (Phi) is 2.27. The molecule has 0 atom stereocenters. The van der Waals surface area contributed by atoms with Crippen molar-refractivity contribution in [2.24, 2.45) is 0 Å². The van der Waals surface area contributed by atoms with Gasteiger partial charge in [0.1, 0.15) is 5.82 Å². The Bertz CT molecular complexity index is 266. The first-order chi connectivity index (χ1) is 5.45. The van der Waals surface area contributed by atoms with E-state index in [0.29, 0.717) is 0 Å². The van der Waals surface area contributed by atoms with Crippen molar-refractivity contribution in [1.29, 1.82) is 0 Å². The number of rotatable bonds is 1. The summed E-state index contributed by atoms with van der Waals surface area (Å²) in [5.41, 5.74) is 1.27. The third kappa shape index (κ3) is 1.68. The third-order valence-corrected chi connectivity index (χ3v) is 1.91. The van der Waals surface area contributed by atoms with Gasteiger partial charge in [-0.25, -0.2) is 4.98 Å². The lowest BCUT2D eigenvalue weighted by Crippen LogP contribution is -2.18. The zero-order valence-corrected chi connectivity index (χ0v) is 8.68. The van der Waals surface area contributed by atoms with Crippen molar-refractivity contribution in [2.45, 2.75) is 46.6 Å². The maximum absolute atomic E-state index is 4.52. The molecule has 0 saturated carbocycles. The highest BCUT2D eigenvalue weighted by Crippen LogP contribution is 2.21. The molecule has 0 radical (unpaired) electrons. The van der Waals surface area contributed by atoms with Crippen molar-refractivity contribution >= 4 is 0 Å². The summed E-state index contributed by atoms with van der Waals surface area (Å²) in [5.74, 6) is 1.18. The molecule has 2 heteroatoms. The van der Waals surface area contributed by atoms with Crippen LogP contribution in [0.3, 0.4) is 0 Å². The minimum absolute atomic E-state index is 0.157. The molecule has 68 valence electrons. The molecule has 0 fully saturated rings. The molecule has 0 unspecified atom stereocenters. The molecule has 12 heavy (non-hydrogen) atoms. The second-order valence-electron chi connectivity index (χ2n) is 4.24. The van der Waals surface area contributed by atoms with E-state index in [1.165, 1.54) is 5.82 Å². The van der Waals surface area contributed by atoms with Gasteiger partial charge < -0.3 is 4.57 Å². The van der Waals surface area contributed by atoms with Gasteiger partial charge in [0.2, 0.25) is 0 Å². The Morgan fingerprint density at radius 1 is 1.42 bits per heavy atom. The SMILES string of the molecule is CCn1cc(C)nc1C(C)(C)C. The molecule has 0 spiro atoms.